The van der Waals surface area contributed by atoms with Crippen molar-refractivity contribution < 1.29 is 18.3 Å². The number of benzene rings is 2. The summed E-state index contributed by atoms with van der Waals surface area (Å²) >= 11 is 0. The van der Waals surface area contributed by atoms with Crippen LogP contribution in [0.5, 0.6) is 11.6 Å². The highest BCUT2D eigenvalue weighted by Gasteiger charge is 2.10. The van der Waals surface area contributed by atoms with Gasteiger partial charge in [-0.3, -0.25) is 14.6 Å². The number of nitrogens with zero attached hydrogens (tertiary/aromatic N) is 6. The van der Waals surface area contributed by atoms with Gasteiger partial charge in [0.25, 0.3) is 5.56 Å². The smallest absolute Gasteiger partial charge is 0.267 e. The molecule has 0 N–H and O–H groups in total. The first-order chi connectivity index (χ1) is 18.2. The van der Waals surface area contributed by atoms with Crippen LogP contribution in [0.25, 0.3) is 11.3 Å². The quantitative estimate of drug-likeness (QED) is 0.332. The summed E-state index contributed by atoms with van der Waals surface area (Å²) < 4.78 is 34.3. The van der Waals surface area contributed by atoms with E-state index in [2.05, 4.69) is 15.1 Å². The Balaban J connectivity index is 1.43. The first-order valence-electron chi connectivity index (χ1n) is 11.7. The fourth-order valence-corrected chi connectivity index (χ4v) is 3.52. The predicted molar refractivity (Wildman–Crippen MR) is 138 cm³/mol. The van der Waals surface area contributed by atoms with Gasteiger partial charge in [-0.15, -0.1) is 0 Å². The van der Waals surface area contributed by atoms with Crippen molar-refractivity contribution in [3.8, 4) is 22.9 Å². The summed E-state index contributed by atoms with van der Waals surface area (Å²) in [5.74, 6) is -0.0477. The van der Waals surface area contributed by atoms with Crippen molar-refractivity contribution in [3.63, 3.8) is 0 Å². The maximum absolute atomic E-state index is 13.6. The van der Waals surface area contributed by atoms with Crippen LogP contribution in [-0.2, 0) is 11.3 Å². The summed E-state index contributed by atoms with van der Waals surface area (Å²) in [7, 11) is 3.59. The minimum atomic E-state index is -0.724. The summed E-state index contributed by atoms with van der Waals surface area (Å²) in [6.07, 6.45) is 3.11. The zero-order chi connectivity index (χ0) is 27.2. The van der Waals surface area contributed by atoms with Gasteiger partial charge in [0.05, 0.1) is 24.6 Å². The first kappa shape index (κ1) is 26.4. The molecule has 0 bridgehead atoms. The largest absolute Gasteiger partial charge is 0.437 e. The normalized spacial score (nSPS) is 10.8. The maximum Gasteiger partial charge on any atom is 0.267 e. The molecule has 9 nitrogen and oxygen atoms in total. The van der Waals surface area contributed by atoms with Crippen molar-refractivity contribution in [1.29, 1.82) is 0 Å². The molecule has 0 spiro atoms. The van der Waals surface area contributed by atoms with Crippen molar-refractivity contribution in [2.75, 3.05) is 32.1 Å². The summed E-state index contributed by atoms with van der Waals surface area (Å²) in [5, 5.41) is 4.27. The molecular formula is C27H26F2N6O3. The van der Waals surface area contributed by atoms with E-state index in [4.69, 9.17) is 4.74 Å². The summed E-state index contributed by atoms with van der Waals surface area (Å²) in [6, 6.07) is 12.8. The number of rotatable bonds is 9. The molecule has 4 rings (SSSR count). The van der Waals surface area contributed by atoms with Gasteiger partial charge in [-0.05, 0) is 35.9 Å². The second-order valence-electron chi connectivity index (χ2n) is 8.70. The molecule has 196 valence electrons. The molecule has 0 saturated heterocycles. The molecule has 11 heteroatoms. The minimum Gasteiger partial charge on any atom is -0.437 e. The second-order valence-corrected chi connectivity index (χ2v) is 8.70. The number of aromatic nitrogens is 4. The van der Waals surface area contributed by atoms with E-state index in [1.54, 1.807) is 42.4 Å². The monoisotopic (exact) mass is 520 g/mol. The number of amides is 1. The van der Waals surface area contributed by atoms with E-state index >= 15 is 0 Å². The summed E-state index contributed by atoms with van der Waals surface area (Å²) in [4.78, 5) is 35.9. The average Bonchev–Trinajstić information content (AvgIpc) is 2.89. The van der Waals surface area contributed by atoms with Crippen molar-refractivity contribution in [2.24, 2.45) is 0 Å². The Labute approximate surface area is 218 Å². The van der Waals surface area contributed by atoms with Crippen LogP contribution < -0.4 is 15.2 Å². The molecular weight excluding hydrogens is 494 g/mol. The number of likely N-dealkylation sites (N-methyl/N-ethyl adjacent to an activating group) is 2. The van der Waals surface area contributed by atoms with Crippen LogP contribution in [0.1, 0.15) is 12.5 Å². The lowest BCUT2D eigenvalue weighted by Gasteiger charge is -2.22. The third-order valence-electron chi connectivity index (χ3n) is 5.80. The lowest BCUT2D eigenvalue weighted by molar-refractivity contribution is -0.127. The summed E-state index contributed by atoms with van der Waals surface area (Å²) in [6.45, 7) is 2.78. The number of anilines is 1. The van der Waals surface area contributed by atoms with Gasteiger partial charge in [-0.1, -0.05) is 12.1 Å². The third kappa shape index (κ3) is 6.75. The van der Waals surface area contributed by atoms with E-state index in [1.807, 2.05) is 11.9 Å². The van der Waals surface area contributed by atoms with E-state index in [9.17, 15) is 18.4 Å². The molecule has 0 aliphatic rings. The van der Waals surface area contributed by atoms with Crippen molar-refractivity contribution in [1.82, 2.24) is 24.6 Å². The minimum absolute atomic E-state index is 0.0136. The fraction of sp³-hybridized carbons (Fsp3) is 0.222. The van der Waals surface area contributed by atoms with Crippen LogP contribution in [0.15, 0.2) is 71.8 Å². The Bertz CT molecular complexity index is 1470. The maximum atomic E-state index is 13.6. The molecule has 2 heterocycles. The van der Waals surface area contributed by atoms with Gasteiger partial charge in [-0.2, -0.15) is 10.1 Å². The average molecular weight is 521 g/mol. The molecule has 0 radical (unpaired) electrons. The Morgan fingerprint density at radius 2 is 1.68 bits per heavy atom. The van der Waals surface area contributed by atoms with Crippen LogP contribution in [0.2, 0.25) is 0 Å². The van der Waals surface area contributed by atoms with Gasteiger partial charge in [-0.25, -0.2) is 13.5 Å². The number of hydrogen-bond acceptors (Lipinski definition) is 7. The summed E-state index contributed by atoms with van der Waals surface area (Å²) in [5.41, 5.74) is 0.930. The molecule has 2 aromatic carbocycles. The Hall–Kier alpha value is -4.67. The second kappa shape index (κ2) is 11.6. The third-order valence-corrected chi connectivity index (χ3v) is 5.80. The van der Waals surface area contributed by atoms with E-state index in [-0.39, 0.29) is 29.3 Å². The highest BCUT2D eigenvalue weighted by molar-refractivity contribution is 5.72. The van der Waals surface area contributed by atoms with Crippen molar-refractivity contribution in [2.45, 2.75) is 13.5 Å². The number of carbonyl (C=O) groups is 1. The first-order valence-corrected chi connectivity index (χ1v) is 11.7. The van der Waals surface area contributed by atoms with Gasteiger partial charge in [0.15, 0.2) is 5.82 Å². The topological polar surface area (TPSA) is 93.5 Å². The van der Waals surface area contributed by atoms with E-state index < -0.39 is 11.6 Å². The fourth-order valence-electron chi connectivity index (χ4n) is 3.52. The van der Waals surface area contributed by atoms with Gasteiger partial charge in [0.2, 0.25) is 11.8 Å². The Morgan fingerprint density at radius 1 is 0.974 bits per heavy atom. The molecule has 4 aromatic rings. The molecule has 0 unspecified atom stereocenters. The molecule has 0 aliphatic carbocycles. The molecule has 0 saturated carbocycles. The lowest BCUT2D eigenvalue weighted by atomic mass is 10.1. The zero-order valence-electron chi connectivity index (χ0n) is 21.1. The van der Waals surface area contributed by atoms with Crippen LogP contribution in [-0.4, -0.2) is 57.7 Å². The molecule has 0 atom stereocenters. The standard InChI is InChI=1S/C27H26F2N6O3/c1-18(36)33(2)10-11-34(3)25-15-30-16-26(31-25)38-23-6-4-19(5-7-23)17-35-27(37)9-8-24(32-35)20-12-21(28)14-22(29)13-20/h4-9,12-16H,10-11,17H2,1-3H3. The Kier molecular flexibility index (Phi) is 8.05. The zero-order valence-corrected chi connectivity index (χ0v) is 21.1. The molecule has 1 amide bonds. The SMILES string of the molecule is CC(=O)N(C)CCN(C)c1cncc(Oc2ccc(Cn3nc(-c4cc(F)cc(F)c4)ccc3=O)cc2)n1. The number of hydrogen-bond donors (Lipinski definition) is 0. The number of halogens is 2. The van der Waals surface area contributed by atoms with Crippen LogP contribution in [0, 0.1) is 11.6 Å². The van der Waals surface area contributed by atoms with Crippen LogP contribution in [0.3, 0.4) is 0 Å². The molecule has 2 aromatic heterocycles. The lowest BCUT2D eigenvalue weighted by Crippen LogP contribution is -2.33. The molecule has 38 heavy (non-hydrogen) atoms. The van der Waals surface area contributed by atoms with Gasteiger partial charge in [0.1, 0.15) is 17.4 Å². The van der Waals surface area contributed by atoms with Crippen LogP contribution >= 0.6 is 0 Å². The predicted octanol–water partition coefficient (Wildman–Crippen LogP) is 3.73. The highest BCUT2D eigenvalue weighted by atomic mass is 19.1. The number of ether oxygens (including phenoxy) is 1. The van der Waals surface area contributed by atoms with Crippen LogP contribution in [0.4, 0.5) is 14.6 Å². The molecule has 0 aliphatic heterocycles. The number of carbonyl (C=O) groups excluding carboxylic acids is 1. The molecule has 0 fully saturated rings. The van der Waals surface area contributed by atoms with Gasteiger partial charge >= 0.3 is 0 Å². The van der Waals surface area contributed by atoms with Gasteiger partial charge < -0.3 is 14.5 Å². The van der Waals surface area contributed by atoms with E-state index in [0.717, 1.165) is 23.8 Å². The van der Waals surface area contributed by atoms with Crippen molar-refractivity contribution >= 4 is 11.7 Å². The van der Waals surface area contributed by atoms with E-state index in [1.165, 1.54) is 29.9 Å². The highest BCUT2D eigenvalue weighted by Crippen LogP contribution is 2.22. The Morgan fingerprint density at radius 3 is 2.37 bits per heavy atom. The van der Waals surface area contributed by atoms with E-state index in [0.29, 0.717) is 30.5 Å². The van der Waals surface area contributed by atoms with Gasteiger partial charge in [0, 0.05) is 51.8 Å². The van der Waals surface area contributed by atoms with Crippen molar-refractivity contribution in [3.05, 3.63) is 94.5 Å².